The highest BCUT2D eigenvalue weighted by Gasteiger charge is 2.14. The number of nitrogens with one attached hydrogen (secondary N) is 1. The molecule has 0 amide bonds. The van der Waals surface area contributed by atoms with E-state index in [-0.39, 0.29) is 0 Å². The van der Waals surface area contributed by atoms with Gasteiger partial charge in [0.1, 0.15) is 0 Å². The van der Waals surface area contributed by atoms with Gasteiger partial charge in [0.15, 0.2) is 0 Å². The van der Waals surface area contributed by atoms with E-state index in [9.17, 15) is 0 Å². The summed E-state index contributed by atoms with van der Waals surface area (Å²) in [5, 5.41) is 3.62. The molecule has 1 heteroatoms. The van der Waals surface area contributed by atoms with E-state index in [1.54, 1.807) is 0 Å². The molecule has 0 bridgehead atoms. The molecule has 1 rings (SSSR count). The van der Waals surface area contributed by atoms with Gasteiger partial charge in [-0.25, -0.2) is 0 Å². The summed E-state index contributed by atoms with van der Waals surface area (Å²) in [7, 11) is 0. The first-order chi connectivity index (χ1) is 6.83. The lowest BCUT2D eigenvalue weighted by Gasteiger charge is -2.15. The highest BCUT2D eigenvalue weighted by Crippen LogP contribution is 2.22. The smallest absolute Gasteiger partial charge is 0.00981 e. The molecular formula is C13H23N. The molecule has 2 unspecified atom stereocenters. The standard InChI is InChI=1S/C13H23N/c1-3-4-5-11-14-13-8-6-7-12(2)9-10-13/h1,12-14H,4-11H2,2H3. The topological polar surface area (TPSA) is 12.0 Å². The number of terminal acetylenes is 1. The summed E-state index contributed by atoms with van der Waals surface area (Å²) in [6.45, 7) is 3.48. The van der Waals surface area contributed by atoms with E-state index in [1.807, 2.05) is 0 Å². The van der Waals surface area contributed by atoms with E-state index in [0.717, 1.165) is 31.3 Å². The maximum absolute atomic E-state index is 5.21. The highest BCUT2D eigenvalue weighted by molar-refractivity contribution is 4.83. The molecule has 0 saturated heterocycles. The van der Waals surface area contributed by atoms with Crippen molar-refractivity contribution in [2.75, 3.05) is 6.54 Å². The van der Waals surface area contributed by atoms with Crippen molar-refractivity contribution in [2.45, 2.75) is 57.9 Å². The molecule has 1 aliphatic carbocycles. The van der Waals surface area contributed by atoms with Crippen molar-refractivity contribution >= 4 is 0 Å². The number of hydrogen-bond donors (Lipinski definition) is 1. The van der Waals surface area contributed by atoms with Crippen LogP contribution >= 0.6 is 0 Å². The number of unbranched alkanes of at least 4 members (excludes halogenated alkanes) is 1. The molecule has 80 valence electrons. The lowest BCUT2D eigenvalue weighted by atomic mass is 10.0. The van der Waals surface area contributed by atoms with Crippen molar-refractivity contribution in [3.05, 3.63) is 0 Å². The predicted molar refractivity (Wildman–Crippen MR) is 62.1 cm³/mol. The fourth-order valence-corrected chi connectivity index (χ4v) is 2.19. The minimum absolute atomic E-state index is 0.762. The van der Waals surface area contributed by atoms with Gasteiger partial charge in [0.05, 0.1) is 0 Å². The third-order valence-corrected chi connectivity index (χ3v) is 3.19. The summed E-state index contributed by atoms with van der Waals surface area (Å²) in [5.41, 5.74) is 0. The molecule has 0 aromatic carbocycles. The Hall–Kier alpha value is -0.480. The van der Waals surface area contributed by atoms with Crippen LogP contribution < -0.4 is 5.32 Å². The predicted octanol–water partition coefficient (Wildman–Crippen LogP) is 2.96. The zero-order valence-corrected chi connectivity index (χ0v) is 9.39. The van der Waals surface area contributed by atoms with Crippen LogP contribution in [0.3, 0.4) is 0 Å². The molecule has 1 nitrogen and oxygen atoms in total. The first-order valence-electron chi connectivity index (χ1n) is 5.99. The van der Waals surface area contributed by atoms with Crippen molar-refractivity contribution < 1.29 is 0 Å². The Labute approximate surface area is 88.7 Å². The van der Waals surface area contributed by atoms with E-state index in [4.69, 9.17) is 6.42 Å². The van der Waals surface area contributed by atoms with E-state index < -0.39 is 0 Å². The third kappa shape index (κ3) is 4.67. The fourth-order valence-electron chi connectivity index (χ4n) is 2.19. The zero-order valence-electron chi connectivity index (χ0n) is 9.39. The molecule has 1 saturated carbocycles. The summed E-state index contributed by atoms with van der Waals surface area (Å²) in [6.07, 6.45) is 14.2. The van der Waals surface area contributed by atoms with Crippen LogP contribution in [0.25, 0.3) is 0 Å². The van der Waals surface area contributed by atoms with Gasteiger partial charge in [0.25, 0.3) is 0 Å². The maximum atomic E-state index is 5.21. The van der Waals surface area contributed by atoms with Crippen molar-refractivity contribution in [1.82, 2.24) is 5.32 Å². The van der Waals surface area contributed by atoms with Crippen molar-refractivity contribution in [1.29, 1.82) is 0 Å². The van der Waals surface area contributed by atoms with Gasteiger partial charge in [0, 0.05) is 12.5 Å². The second-order valence-electron chi connectivity index (χ2n) is 4.57. The van der Waals surface area contributed by atoms with Gasteiger partial charge in [-0.15, -0.1) is 12.3 Å². The molecule has 1 fully saturated rings. The Balaban J connectivity index is 2.08. The van der Waals surface area contributed by atoms with Crippen molar-refractivity contribution in [2.24, 2.45) is 5.92 Å². The van der Waals surface area contributed by atoms with Gasteiger partial charge in [0.2, 0.25) is 0 Å². The van der Waals surface area contributed by atoms with Crippen LogP contribution in [0.4, 0.5) is 0 Å². The van der Waals surface area contributed by atoms with Crippen LogP contribution in [0, 0.1) is 18.3 Å². The average Bonchev–Trinajstić information content (AvgIpc) is 2.38. The minimum Gasteiger partial charge on any atom is -0.314 e. The molecule has 1 aliphatic rings. The molecule has 0 radical (unpaired) electrons. The Morgan fingerprint density at radius 2 is 2.14 bits per heavy atom. The zero-order chi connectivity index (χ0) is 10.2. The van der Waals surface area contributed by atoms with Crippen LogP contribution in [-0.4, -0.2) is 12.6 Å². The minimum atomic E-state index is 0.762. The summed E-state index contributed by atoms with van der Waals surface area (Å²) >= 11 is 0. The molecule has 2 atom stereocenters. The first-order valence-corrected chi connectivity index (χ1v) is 5.99. The SMILES string of the molecule is C#CCCCNC1CCCC(C)CC1. The molecule has 0 spiro atoms. The molecule has 1 N–H and O–H groups in total. The third-order valence-electron chi connectivity index (χ3n) is 3.19. The Bertz CT molecular complexity index is 180. The fraction of sp³-hybridized carbons (Fsp3) is 0.846. The Morgan fingerprint density at radius 3 is 2.93 bits per heavy atom. The van der Waals surface area contributed by atoms with E-state index in [1.165, 1.54) is 32.1 Å². The van der Waals surface area contributed by atoms with E-state index in [2.05, 4.69) is 18.2 Å². The van der Waals surface area contributed by atoms with Crippen LogP contribution in [0.2, 0.25) is 0 Å². The monoisotopic (exact) mass is 193 g/mol. The van der Waals surface area contributed by atoms with E-state index >= 15 is 0 Å². The second kappa shape index (κ2) is 6.90. The lowest BCUT2D eigenvalue weighted by Crippen LogP contribution is -2.29. The average molecular weight is 193 g/mol. The van der Waals surface area contributed by atoms with Crippen LogP contribution in [0.5, 0.6) is 0 Å². The molecule has 14 heavy (non-hydrogen) atoms. The first kappa shape index (κ1) is 11.6. The quantitative estimate of drug-likeness (QED) is 0.411. The van der Waals surface area contributed by atoms with Gasteiger partial charge in [-0.3, -0.25) is 0 Å². The Kier molecular flexibility index (Phi) is 5.71. The molecule has 0 aliphatic heterocycles. The van der Waals surface area contributed by atoms with Crippen LogP contribution in [-0.2, 0) is 0 Å². The highest BCUT2D eigenvalue weighted by atomic mass is 14.9. The molecule has 0 aromatic heterocycles. The van der Waals surface area contributed by atoms with Crippen molar-refractivity contribution in [3.8, 4) is 12.3 Å². The molecule has 0 heterocycles. The summed E-state index contributed by atoms with van der Waals surface area (Å²) in [4.78, 5) is 0. The van der Waals surface area contributed by atoms with Gasteiger partial charge in [-0.1, -0.05) is 19.8 Å². The van der Waals surface area contributed by atoms with Gasteiger partial charge in [-0.05, 0) is 38.1 Å². The van der Waals surface area contributed by atoms with Crippen molar-refractivity contribution in [3.63, 3.8) is 0 Å². The summed E-state index contributed by atoms with van der Waals surface area (Å²) < 4.78 is 0. The largest absolute Gasteiger partial charge is 0.314 e. The van der Waals surface area contributed by atoms with Crippen LogP contribution in [0.15, 0.2) is 0 Å². The van der Waals surface area contributed by atoms with Gasteiger partial charge < -0.3 is 5.32 Å². The normalized spacial score (nSPS) is 28.0. The Morgan fingerprint density at radius 1 is 1.29 bits per heavy atom. The van der Waals surface area contributed by atoms with E-state index in [0.29, 0.717) is 0 Å². The van der Waals surface area contributed by atoms with Gasteiger partial charge in [-0.2, -0.15) is 0 Å². The summed E-state index contributed by atoms with van der Waals surface area (Å²) in [6, 6.07) is 0.762. The second-order valence-corrected chi connectivity index (χ2v) is 4.57. The number of rotatable bonds is 4. The maximum Gasteiger partial charge on any atom is 0.00981 e. The number of hydrogen-bond acceptors (Lipinski definition) is 1. The lowest BCUT2D eigenvalue weighted by molar-refractivity contribution is 0.446. The van der Waals surface area contributed by atoms with Crippen LogP contribution in [0.1, 0.15) is 51.9 Å². The van der Waals surface area contributed by atoms with Gasteiger partial charge >= 0.3 is 0 Å². The molecular weight excluding hydrogens is 170 g/mol. The summed E-state index contributed by atoms with van der Waals surface area (Å²) in [5.74, 6) is 3.62. The molecule has 0 aromatic rings.